The minimum atomic E-state index is -0.0737. The first-order valence-electron chi connectivity index (χ1n) is 13.0. The number of ether oxygens (including phenoxy) is 1. The van der Waals surface area contributed by atoms with Crippen molar-refractivity contribution in [2.45, 2.75) is 34.6 Å². The van der Waals surface area contributed by atoms with Gasteiger partial charge in [0.05, 0.1) is 23.4 Å². The lowest BCUT2D eigenvalue weighted by molar-refractivity contribution is 0.0767. The smallest absolute Gasteiger partial charge is 0.256 e. The molecule has 2 aromatic heterocycles. The molecular weight excluding hydrogens is 498 g/mol. The van der Waals surface area contributed by atoms with Crippen LogP contribution in [0.25, 0.3) is 22.2 Å². The van der Waals surface area contributed by atoms with E-state index >= 15 is 0 Å². The molecule has 0 aliphatic heterocycles. The zero-order valence-electron chi connectivity index (χ0n) is 23.3. The number of nitrogens with zero attached hydrogens (tertiary/aromatic N) is 2. The van der Waals surface area contributed by atoms with Crippen molar-refractivity contribution in [3.8, 4) is 16.9 Å². The Hall–Kier alpha value is -3.55. The summed E-state index contributed by atoms with van der Waals surface area (Å²) in [6.07, 6.45) is 3.85. The Labute approximate surface area is 231 Å². The van der Waals surface area contributed by atoms with Crippen molar-refractivity contribution in [2.24, 2.45) is 0 Å². The Morgan fingerprint density at radius 1 is 1.13 bits per heavy atom. The maximum absolute atomic E-state index is 12.3. The number of carbonyl (C=O) groups is 1. The number of anilines is 1. The first kappa shape index (κ1) is 30.7. The van der Waals surface area contributed by atoms with E-state index in [2.05, 4.69) is 27.4 Å². The van der Waals surface area contributed by atoms with Crippen LogP contribution >= 0.6 is 11.6 Å². The van der Waals surface area contributed by atoms with E-state index in [9.17, 15) is 4.79 Å². The van der Waals surface area contributed by atoms with Crippen LogP contribution in [0.2, 0.25) is 5.02 Å². The van der Waals surface area contributed by atoms with Crippen molar-refractivity contribution in [1.82, 2.24) is 20.2 Å². The van der Waals surface area contributed by atoms with E-state index in [-0.39, 0.29) is 5.91 Å². The minimum absolute atomic E-state index is 0.0737. The third-order valence-electron chi connectivity index (χ3n) is 5.83. The standard InChI is InChI=1S/C15H14N2O.C13H20ClN3O.C2H6/c1-10-7-12-13(9-17-15(12)16-8-10)11-5-3-4-6-14(11)18-2;1-3-16-8-9-17(4-2)13(18)10-6-5-7-11(14)12(10)15;1-2/h3-9H,1-2H3,(H,16,17);5-7,16H,3-4,8-9,15H2,1-2H3;1-2H3. The number of likely N-dealkylation sites (N-methyl/N-ethyl adjacent to an activating group) is 2. The second-order valence-corrected chi connectivity index (χ2v) is 8.66. The van der Waals surface area contributed by atoms with Crippen molar-refractivity contribution >= 4 is 34.2 Å². The fourth-order valence-corrected chi connectivity index (χ4v) is 4.06. The van der Waals surface area contributed by atoms with E-state index in [4.69, 9.17) is 22.1 Å². The Morgan fingerprint density at radius 3 is 2.55 bits per heavy atom. The van der Waals surface area contributed by atoms with E-state index in [1.165, 1.54) is 0 Å². The molecule has 0 aliphatic carbocycles. The number of aromatic nitrogens is 2. The SMILES string of the molecule is CC.CCNCCN(CC)C(=O)c1cccc(Cl)c1N.COc1ccccc1-c1c[nH]c2ncc(C)cc12. The molecule has 0 atom stereocenters. The topological polar surface area (TPSA) is 96.3 Å². The molecule has 1 amide bonds. The molecule has 0 aliphatic rings. The van der Waals surface area contributed by atoms with Gasteiger partial charge in [0.1, 0.15) is 11.4 Å². The fourth-order valence-electron chi connectivity index (χ4n) is 3.89. The molecule has 0 saturated carbocycles. The van der Waals surface area contributed by atoms with Gasteiger partial charge in [-0.05, 0) is 50.2 Å². The number of aryl methyl sites for hydroxylation is 1. The highest BCUT2D eigenvalue weighted by Crippen LogP contribution is 2.34. The van der Waals surface area contributed by atoms with Gasteiger partial charge in [-0.2, -0.15) is 0 Å². The Kier molecular flexibility index (Phi) is 12.6. The summed E-state index contributed by atoms with van der Waals surface area (Å²) in [6, 6.07) is 15.3. The van der Waals surface area contributed by atoms with Gasteiger partial charge in [0.15, 0.2) is 0 Å². The number of hydrogen-bond donors (Lipinski definition) is 3. The van der Waals surface area contributed by atoms with E-state index < -0.39 is 0 Å². The number of nitrogens with two attached hydrogens (primary N) is 1. The summed E-state index contributed by atoms with van der Waals surface area (Å²) < 4.78 is 5.41. The van der Waals surface area contributed by atoms with E-state index in [1.807, 2.05) is 65.2 Å². The quantitative estimate of drug-likeness (QED) is 0.174. The van der Waals surface area contributed by atoms with Gasteiger partial charge in [0, 0.05) is 48.5 Å². The number of H-pyrrole nitrogens is 1. The highest BCUT2D eigenvalue weighted by molar-refractivity contribution is 6.33. The lowest BCUT2D eigenvalue weighted by atomic mass is 10.0. The molecule has 4 rings (SSSR count). The average molecular weight is 538 g/mol. The summed E-state index contributed by atoms with van der Waals surface area (Å²) in [7, 11) is 1.69. The van der Waals surface area contributed by atoms with Crippen LogP contribution in [0.5, 0.6) is 5.75 Å². The summed E-state index contributed by atoms with van der Waals surface area (Å²) in [6.45, 7) is 13.0. The Balaban J connectivity index is 0.000000251. The molecule has 0 spiro atoms. The molecule has 4 aromatic rings. The number of aromatic amines is 1. The molecule has 7 nitrogen and oxygen atoms in total. The summed E-state index contributed by atoms with van der Waals surface area (Å²) >= 11 is 5.92. The maximum atomic E-state index is 12.3. The molecule has 4 N–H and O–H groups in total. The van der Waals surface area contributed by atoms with Gasteiger partial charge in [-0.25, -0.2) is 4.98 Å². The number of amides is 1. The van der Waals surface area contributed by atoms with E-state index in [0.29, 0.717) is 29.4 Å². The van der Waals surface area contributed by atoms with Gasteiger partial charge < -0.3 is 25.7 Å². The summed E-state index contributed by atoms with van der Waals surface area (Å²) in [5, 5.41) is 4.74. The molecule has 2 aromatic carbocycles. The number of fused-ring (bicyclic) bond motifs is 1. The summed E-state index contributed by atoms with van der Waals surface area (Å²) in [5.41, 5.74) is 10.9. The first-order chi connectivity index (χ1) is 18.4. The highest BCUT2D eigenvalue weighted by Gasteiger charge is 2.17. The van der Waals surface area contributed by atoms with E-state index in [1.54, 1.807) is 30.2 Å². The maximum Gasteiger partial charge on any atom is 0.256 e. The van der Waals surface area contributed by atoms with Crippen LogP contribution in [-0.2, 0) is 0 Å². The highest BCUT2D eigenvalue weighted by atomic mass is 35.5. The monoisotopic (exact) mass is 537 g/mol. The largest absolute Gasteiger partial charge is 0.496 e. The molecular formula is C30H40ClN5O2. The van der Waals surface area contributed by atoms with Crippen molar-refractivity contribution in [3.63, 3.8) is 0 Å². The van der Waals surface area contributed by atoms with Crippen molar-refractivity contribution < 1.29 is 9.53 Å². The number of nitrogen functional groups attached to an aromatic ring is 1. The third-order valence-corrected chi connectivity index (χ3v) is 6.16. The predicted octanol–water partition coefficient (Wildman–Crippen LogP) is 6.57. The summed E-state index contributed by atoms with van der Waals surface area (Å²) in [5.74, 6) is 0.801. The zero-order valence-corrected chi connectivity index (χ0v) is 24.0. The van der Waals surface area contributed by atoms with Crippen LogP contribution in [0.4, 0.5) is 5.69 Å². The second-order valence-electron chi connectivity index (χ2n) is 8.25. The van der Waals surface area contributed by atoms with Crippen molar-refractivity contribution in [1.29, 1.82) is 0 Å². The number of methoxy groups -OCH3 is 1. The normalized spacial score (nSPS) is 10.2. The molecule has 0 fully saturated rings. The van der Waals surface area contributed by atoms with Crippen molar-refractivity contribution in [3.05, 3.63) is 77.1 Å². The summed E-state index contributed by atoms with van der Waals surface area (Å²) in [4.78, 5) is 21.6. The Morgan fingerprint density at radius 2 is 1.87 bits per heavy atom. The number of benzene rings is 2. The van der Waals surface area contributed by atoms with Crippen LogP contribution in [0.1, 0.15) is 43.6 Å². The molecule has 204 valence electrons. The van der Waals surface area contributed by atoms with Gasteiger partial charge in [-0.3, -0.25) is 4.79 Å². The Bertz CT molecular complexity index is 1310. The molecule has 38 heavy (non-hydrogen) atoms. The van der Waals surface area contributed by atoms with Gasteiger partial charge in [0.25, 0.3) is 5.91 Å². The van der Waals surface area contributed by atoms with Gasteiger partial charge in [-0.15, -0.1) is 0 Å². The number of hydrogen-bond acceptors (Lipinski definition) is 5. The molecule has 0 bridgehead atoms. The lowest BCUT2D eigenvalue weighted by Crippen LogP contribution is -2.37. The fraction of sp³-hybridized carbons (Fsp3) is 0.333. The molecule has 0 radical (unpaired) electrons. The van der Waals surface area contributed by atoms with Gasteiger partial charge in [0.2, 0.25) is 0 Å². The predicted molar refractivity (Wildman–Crippen MR) is 160 cm³/mol. The number of nitrogens with one attached hydrogen (secondary N) is 2. The molecule has 0 unspecified atom stereocenters. The third kappa shape index (κ3) is 7.73. The zero-order chi connectivity index (χ0) is 28.1. The van der Waals surface area contributed by atoms with Crippen LogP contribution in [0, 0.1) is 6.92 Å². The number of carbonyl (C=O) groups excluding carboxylic acids is 1. The van der Waals surface area contributed by atoms with Crippen molar-refractivity contribution in [2.75, 3.05) is 39.0 Å². The number of para-hydroxylation sites is 2. The number of halogens is 1. The average Bonchev–Trinajstić information content (AvgIpc) is 3.36. The number of pyridine rings is 1. The van der Waals surface area contributed by atoms with Crippen LogP contribution in [0.3, 0.4) is 0 Å². The minimum Gasteiger partial charge on any atom is -0.496 e. The molecule has 0 saturated heterocycles. The first-order valence-corrected chi connectivity index (χ1v) is 13.4. The van der Waals surface area contributed by atoms with Crippen LogP contribution in [-0.4, -0.2) is 54.1 Å². The van der Waals surface area contributed by atoms with Gasteiger partial charge >= 0.3 is 0 Å². The van der Waals surface area contributed by atoms with Gasteiger partial charge in [-0.1, -0.05) is 56.6 Å². The lowest BCUT2D eigenvalue weighted by Gasteiger charge is -2.22. The second kappa shape index (κ2) is 15.6. The van der Waals surface area contributed by atoms with Crippen LogP contribution in [0.15, 0.2) is 60.9 Å². The molecule has 8 heteroatoms. The number of rotatable bonds is 8. The van der Waals surface area contributed by atoms with Crippen LogP contribution < -0.4 is 15.8 Å². The van der Waals surface area contributed by atoms with E-state index in [0.717, 1.165) is 46.6 Å². The molecule has 2 heterocycles.